The average Bonchev–Trinajstić information content (AvgIpc) is 3.05. The quantitative estimate of drug-likeness (QED) is 0.689. The van der Waals surface area contributed by atoms with Crippen molar-refractivity contribution in [3.05, 3.63) is 58.1 Å². The molecule has 0 N–H and O–H groups in total. The molecule has 3 heteroatoms. The summed E-state index contributed by atoms with van der Waals surface area (Å²) < 4.78 is 0. The molecule has 128 valence electrons. The third-order valence-corrected chi connectivity index (χ3v) is 6.31. The highest BCUT2D eigenvalue weighted by molar-refractivity contribution is 6.31. The zero-order valence-corrected chi connectivity index (χ0v) is 15.3. The van der Waals surface area contributed by atoms with Gasteiger partial charge in [-0.25, -0.2) is 0 Å². The van der Waals surface area contributed by atoms with Crippen LogP contribution in [0.3, 0.4) is 0 Å². The normalized spacial score (nSPS) is 25.5. The molecule has 25 heavy (non-hydrogen) atoms. The summed E-state index contributed by atoms with van der Waals surface area (Å²) in [6.07, 6.45) is 2.52. The van der Waals surface area contributed by atoms with E-state index in [0.29, 0.717) is 0 Å². The third kappa shape index (κ3) is 2.73. The highest BCUT2D eigenvalue weighted by Gasteiger charge is 2.47. The summed E-state index contributed by atoms with van der Waals surface area (Å²) in [6, 6.07) is 12.0. The van der Waals surface area contributed by atoms with E-state index in [1.165, 1.54) is 0 Å². The van der Waals surface area contributed by atoms with Gasteiger partial charge < -0.3 is 0 Å². The Bertz CT molecular complexity index is 862. The number of halogens is 1. The number of benzene rings is 2. The molecule has 0 saturated heterocycles. The maximum Gasteiger partial charge on any atom is 0.150 e. The summed E-state index contributed by atoms with van der Waals surface area (Å²) in [7, 11) is 0. The van der Waals surface area contributed by atoms with Gasteiger partial charge in [0.05, 0.1) is 0 Å². The van der Waals surface area contributed by atoms with Gasteiger partial charge in [0.1, 0.15) is 5.92 Å². The molecule has 3 atom stereocenters. The van der Waals surface area contributed by atoms with E-state index in [4.69, 9.17) is 11.6 Å². The fourth-order valence-corrected chi connectivity index (χ4v) is 4.49. The number of carbonyl (C=O) groups excluding carboxylic acids is 2. The van der Waals surface area contributed by atoms with E-state index in [2.05, 4.69) is 0 Å². The van der Waals surface area contributed by atoms with Crippen molar-refractivity contribution in [3.8, 4) is 11.1 Å². The lowest BCUT2D eigenvalue weighted by Gasteiger charge is -2.27. The van der Waals surface area contributed by atoms with Gasteiger partial charge in [-0.2, -0.15) is 0 Å². The molecule has 0 heterocycles. The summed E-state index contributed by atoms with van der Waals surface area (Å²) in [5.41, 5.74) is 5.00. The summed E-state index contributed by atoms with van der Waals surface area (Å²) in [5.74, 6) is -0.153. The Morgan fingerprint density at radius 3 is 2.08 bits per heavy atom. The smallest absolute Gasteiger partial charge is 0.150 e. The molecule has 2 saturated carbocycles. The van der Waals surface area contributed by atoms with Crippen LogP contribution in [0.2, 0.25) is 5.02 Å². The highest BCUT2D eigenvalue weighted by Crippen LogP contribution is 2.45. The first-order chi connectivity index (χ1) is 12.0. The summed E-state index contributed by atoms with van der Waals surface area (Å²) in [6.45, 7) is 3.97. The standard InChI is InChI=1S/C22H21ClO2/c1-12-3-4-15(14-7-8-19(23)13(2)9-14)11-18(12)20-21(24)16-5-6-17(10-16)22(20)25/h3-4,7-9,11,16-17,20H,5-6,10H2,1-2H3/t16-,17+,20?. The number of Topliss-reactive ketones (excluding diaryl/α,β-unsaturated/α-hetero) is 2. The van der Waals surface area contributed by atoms with Crippen LogP contribution >= 0.6 is 11.6 Å². The van der Waals surface area contributed by atoms with Crippen LogP contribution in [-0.2, 0) is 9.59 Å². The molecule has 0 aromatic heterocycles. The van der Waals surface area contributed by atoms with Gasteiger partial charge in [-0.1, -0.05) is 29.8 Å². The minimum atomic E-state index is -0.570. The zero-order chi connectivity index (χ0) is 17.7. The highest BCUT2D eigenvalue weighted by atomic mass is 35.5. The molecular formula is C22H21ClO2. The number of fused-ring (bicyclic) bond motifs is 2. The summed E-state index contributed by atoms with van der Waals surface area (Å²) >= 11 is 6.13. The van der Waals surface area contributed by atoms with Gasteiger partial charge in [0.2, 0.25) is 0 Å². The van der Waals surface area contributed by atoms with Crippen LogP contribution in [0.5, 0.6) is 0 Å². The van der Waals surface area contributed by atoms with Crippen LogP contribution in [-0.4, -0.2) is 11.6 Å². The predicted molar refractivity (Wildman–Crippen MR) is 99.9 cm³/mol. The summed E-state index contributed by atoms with van der Waals surface area (Å²) in [5, 5.41) is 0.741. The first-order valence-electron chi connectivity index (χ1n) is 8.90. The molecule has 2 aliphatic rings. The van der Waals surface area contributed by atoms with E-state index in [1.807, 2.05) is 50.2 Å². The Hall–Kier alpha value is -1.93. The van der Waals surface area contributed by atoms with E-state index >= 15 is 0 Å². The Morgan fingerprint density at radius 2 is 1.44 bits per heavy atom. The topological polar surface area (TPSA) is 34.1 Å². The number of rotatable bonds is 2. The first kappa shape index (κ1) is 16.5. The lowest BCUT2D eigenvalue weighted by molar-refractivity contribution is -0.135. The molecule has 2 bridgehead atoms. The monoisotopic (exact) mass is 352 g/mol. The van der Waals surface area contributed by atoms with Crippen molar-refractivity contribution in [2.45, 2.75) is 39.0 Å². The van der Waals surface area contributed by atoms with E-state index in [1.54, 1.807) is 0 Å². The lowest BCUT2D eigenvalue weighted by atomic mass is 9.74. The molecule has 2 fully saturated rings. The molecular weight excluding hydrogens is 332 g/mol. The van der Waals surface area contributed by atoms with Crippen molar-refractivity contribution in [1.82, 2.24) is 0 Å². The maximum absolute atomic E-state index is 12.9. The second-order valence-corrected chi connectivity index (χ2v) is 7.89. The molecule has 2 aromatic rings. The Morgan fingerprint density at radius 1 is 0.840 bits per heavy atom. The molecule has 0 amide bonds. The third-order valence-electron chi connectivity index (χ3n) is 5.89. The van der Waals surface area contributed by atoms with Crippen molar-refractivity contribution in [2.75, 3.05) is 0 Å². The molecule has 2 nitrogen and oxygen atoms in total. The Kier molecular flexibility index (Phi) is 4.04. The largest absolute Gasteiger partial charge is 0.298 e. The van der Waals surface area contributed by atoms with Crippen LogP contribution in [0.25, 0.3) is 11.1 Å². The number of ketones is 2. The number of hydrogen-bond donors (Lipinski definition) is 0. The van der Waals surface area contributed by atoms with E-state index in [0.717, 1.165) is 52.1 Å². The lowest BCUT2D eigenvalue weighted by Crippen LogP contribution is -2.35. The number of carbonyl (C=O) groups is 2. The fraction of sp³-hybridized carbons (Fsp3) is 0.364. The van der Waals surface area contributed by atoms with Crippen molar-refractivity contribution >= 4 is 23.2 Å². The second kappa shape index (κ2) is 6.10. The Labute approximate surface area is 153 Å². The van der Waals surface area contributed by atoms with Crippen LogP contribution in [0.1, 0.15) is 41.9 Å². The van der Waals surface area contributed by atoms with Gasteiger partial charge in [-0.15, -0.1) is 0 Å². The number of aryl methyl sites for hydroxylation is 2. The van der Waals surface area contributed by atoms with Crippen LogP contribution in [0, 0.1) is 25.7 Å². The van der Waals surface area contributed by atoms with Crippen LogP contribution < -0.4 is 0 Å². The molecule has 0 spiro atoms. The predicted octanol–water partition coefficient (Wildman–Crippen LogP) is 5.28. The first-order valence-corrected chi connectivity index (χ1v) is 9.28. The minimum Gasteiger partial charge on any atom is -0.298 e. The second-order valence-electron chi connectivity index (χ2n) is 7.48. The molecule has 4 rings (SSSR count). The molecule has 0 radical (unpaired) electrons. The van der Waals surface area contributed by atoms with E-state index < -0.39 is 5.92 Å². The van der Waals surface area contributed by atoms with Crippen molar-refractivity contribution in [1.29, 1.82) is 0 Å². The maximum atomic E-state index is 12.9. The van der Waals surface area contributed by atoms with Gasteiger partial charge in [-0.05, 0) is 79.1 Å². The number of hydrogen-bond acceptors (Lipinski definition) is 2. The van der Waals surface area contributed by atoms with Crippen LogP contribution in [0.4, 0.5) is 0 Å². The Balaban J connectivity index is 1.79. The minimum absolute atomic E-state index is 0.0773. The van der Waals surface area contributed by atoms with Gasteiger partial charge in [-0.3, -0.25) is 9.59 Å². The summed E-state index contributed by atoms with van der Waals surface area (Å²) in [4.78, 5) is 25.7. The molecule has 2 aliphatic carbocycles. The van der Waals surface area contributed by atoms with Gasteiger partial charge in [0, 0.05) is 16.9 Å². The van der Waals surface area contributed by atoms with E-state index in [-0.39, 0.29) is 23.4 Å². The van der Waals surface area contributed by atoms with Gasteiger partial charge >= 0.3 is 0 Å². The van der Waals surface area contributed by atoms with Crippen molar-refractivity contribution in [3.63, 3.8) is 0 Å². The molecule has 2 aromatic carbocycles. The average molecular weight is 353 g/mol. The fourth-order valence-electron chi connectivity index (χ4n) is 4.37. The molecule has 0 aliphatic heterocycles. The van der Waals surface area contributed by atoms with Crippen LogP contribution in [0.15, 0.2) is 36.4 Å². The van der Waals surface area contributed by atoms with Crippen molar-refractivity contribution in [2.24, 2.45) is 11.8 Å². The van der Waals surface area contributed by atoms with Gasteiger partial charge in [0.25, 0.3) is 0 Å². The van der Waals surface area contributed by atoms with Gasteiger partial charge in [0.15, 0.2) is 11.6 Å². The van der Waals surface area contributed by atoms with Crippen molar-refractivity contribution < 1.29 is 9.59 Å². The molecule has 1 unspecified atom stereocenters. The zero-order valence-electron chi connectivity index (χ0n) is 14.5. The SMILES string of the molecule is Cc1cc(-c2ccc(C)c(C3C(=O)[C@@H]4CC[C@@H](C4)C3=O)c2)ccc1Cl. The van der Waals surface area contributed by atoms with E-state index in [9.17, 15) is 9.59 Å².